The third-order valence-corrected chi connectivity index (χ3v) is 8.40. The van der Waals surface area contributed by atoms with Gasteiger partial charge in [0.05, 0.1) is 24.1 Å². The number of piperazine rings is 1. The van der Waals surface area contributed by atoms with Gasteiger partial charge in [0.2, 0.25) is 5.91 Å². The number of nitrogens with zero attached hydrogens (tertiary/aromatic N) is 2. The summed E-state index contributed by atoms with van der Waals surface area (Å²) in [4.78, 5) is 18.1. The molecule has 2 aliphatic heterocycles. The summed E-state index contributed by atoms with van der Waals surface area (Å²) in [6.45, 7) is 5.25. The molecule has 1 aromatic heterocycles. The van der Waals surface area contributed by atoms with Gasteiger partial charge in [0.1, 0.15) is 0 Å². The molecule has 2 aliphatic rings. The normalized spacial score (nSPS) is 24.7. The number of thiophene rings is 1. The second-order valence-electron chi connectivity index (χ2n) is 8.02. The highest BCUT2D eigenvalue weighted by Gasteiger charge is 2.49. The lowest BCUT2D eigenvalue weighted by molar-refractivity contribution is -0.123. The molecule has 3 heterocycles. The molecule has 2 aromatic rings. The van der Waals surface area contributed by atoms with Gasteiger partial charge < -0.3 is 4.90 Å². The molecule has 28 heavy (non-hydrogen) atoms. The lowest BCUT2D eigenvalue weighted by atomic mass is 10.00. The molecule has 0 aliphatic carbocycles. The van der Waals surface area contributed by atoms with E-state index in [-0.39, 0.29) is 36.0 Å². The van der Waals surface area contributed by atoms with E-state index >= 15 is 0 Å². The average Bonchev–Trinajstić information content (AvgIpc) is 3.26. The summed E-state index contributed by atoms with van der Waals surface area (Å²) in [7, 11) is -3.15. The Hall–Kier alpha value is -1.70. The largest absolute Gasteiger partial charge is 0.306 e. The van der Waals surface area contributed by atoms with Gasteiger partial charge >= 0.3 is 0 Å². The van der Waals surface area contributed by atoms with E-state index in [1.165, 1.54) is 10.4 Å². The average molecular weight is 419 g/mol. The van der Waals surface area contributed by atoms with Crippen LogP contribution in [-0.4, -0.2) is 55.9 Å². The van der Waals surface area contributed by atoms with Crippen LogP contribution < -0.4 is 4.90 Å². The van der Waals surface area contributed by atoms with Crippen molar-refractivity contribution in [3.8, 4) is 0 Å². The van der Waals surface area contributed by atoms with Crippen molar-refractivity contribution >= 4 is 32.8 Å². The lowest BCUT2D eigenvalue weighted by Crippen LogP contribution is -2.62. The number of hydrogen-bond donors (Lipinski definition) is 0. The zero-order valence-electron chi connectivity index (χ0n) is 16.2. The maximum atomic E-state index is 13.0. The first-order chi connectivity index (χ1) is 13.3. The van der Waals surface area contributed by atoms with E-state index in [2.05, 4.69) is 24.8 Å². The number of fused-ring (bicyclic) bond motifs is 1. The smallest absolute Gasteiger partial charge is 0.241 e. The molecule has 0 bridgehead atoms. The maximum Gasteiger partial charge on any atom is 0.241 e. The zero-order valence-corrected chi connectivity index (χ0v) is 17.9. The van der Waals surface area contributed by atoms with E-state index in [0.717, 1.165) is 12.1 Å². The van der Waals surface area contributed by atoms with E-state index in [1.807, 2.05) is 35.7 Å². The number of anilines is 1. The summed E-state index contributed by atoms with van der Waals surface area (Å²) >= 11 is 1.70. The van der Waals surface area contributed by atoms with Gasteiger partial charge in [-0.15, -0.1) is 11.3 Å². The van der Waals surface area contributed by atoms with E-state index in [9.17, 15) is 13.2 Å². The minimum atomic E-state index is -3.15. The van der Waals surface area contributed by atoms with Crippen LogP contribution in [0.3, 0.4) is 0 Å². The molecule has 0 saturated carbocycles. The number of carbonyl (C=O) groups excluding carboxylic acids is 1. The van der Waals surface area contributed by atoms with Crippen LogP contribution in [0.15, 0.2) is 41.8 Å². The minimum Gasteiger partial charge on any atom is -0.306 e. The number of carbonyl (C=O) groups is 1. The van der Waals surface area contributed by atoms with Gasteiger partial charge in [-0.1, -0.05) is 32.0 Å². The fourth-order valence-electron chi connectivity index (χ4n) is 4.27. The van der Waals surface area contributed by atoms with Crippen molar-refractivity contribution in [3.05, 3.63) is 52.2 Å². The molecule has 5 nitrogen and oxygen atoms in total. The molecule has 2 fully saturated rings. The quantitative estimate of drug-likeness (QED) is 0.749. The van der Waals surface area contributed by atoms with Crippen LogP contribution in [0.5, 0.6) is 0 Å². The van der Waals surface area contributed by atoms with Crippen molar-refractivity contribution in [2.75, 3.05) is 29.5 Å². The van der Waals surface area contributed by atoms with Gasteiger partial charge in [0.15, 0.2) is 9.84 Å². The fraction of sp³-hybridized carbons (Fsp3) is 0.476. The maximum absolute atomic E-state index is 13.0. The van der Waals surface area contributed by atoms with Gasteiger partial charge in [-0.2, -0.15) is 0 Å². The first-order valence-electron chi connectivity index (χ1n) is 9.73. The van der Waals surface area contributed by atoms with Gasteiger partial charge in [0.25, 0.3) is 0 Å². The molecule has 1 aromatic carbocycles. The lowest BCUT2D eigenvalue weighted by Gasteiger charge is -2.43. The molecule has 150 valence electrons. The highest BCUT2D eigenvalue weighted by Crippen LogP contribution is 2.32. The third-order valence-electron chi connectivity index (χ3n) is 5.76. The second-order valence-corrected chi connectivity index (χ2v) is 11.2. The number of hydrogen-bond acceptors (Lipinski definition) is 5. The van der Waals surface area contributed by atoms with Crippen LogP contribution in [0.1, 0.15) is 30.2 Å². The predicted molar refractivity (Wildman–Crippen MR) is 114 cm³/mol. The molecule has 0 spiro atoms. The Bertz CT molecular complexity index is 937. The van der Waals surface area contributed by atoms with Crippen LogP contribution >= 0.6 is 11.3 Å². The van der Waals surface area contributed by atoms with Gasteiger partial charge in [-0.05, 0) is 41.5 Å². The van der Waals surface area contributed by atoms with Gasteiger partial charge in [-0.25, -0.2) is 8.42 Å². The van der Waals surface area contributed by atoms with E-state index < -0.39 is 9.84 Å². The second kappa shape index (κ2) is 7.61. The monoisotopic (exact) mass is 418 g/mol. The molecular weight excluding hydrogens is 392 g/mol. The van der Waals surface area contributed by atoms with Crippen molar-refractivity contribution in [3.63, 3.8) is 0 Å². The molecular formula is C21H26N2O3S2. The first kappa shape index (κ1) is 19.6. The Balaban J connectivity index is 1.59. The number of rotatable bonds is 5. The summed E-state index contributed by atoms with van der Waals surface area (Å²) in [6.07, 6.45) is 0.845. The van der Waals surface area contributed by atoms with Crippen LogP contribution in [0, 0.1) is 0 Å². The standard InChI is InChI=1S/C21H26N2O3S2/c1-15(2)16-5-7-17(8-6-16)23-20-14-28(25,26)13-19(20)22(12-21(23)24)10-9-18-4-3-11-27-18/h3-8,11,15,19-20H,9-10,12-14H2,1-2H3/t19-,20+/m0/s1. The summed E-state index contributed by atoms with van der Waals surface area (Å²) in [5.74, 6) is 0.584. The van der Waals surface area contributed by atoms with Crippen LogP contribution in [-0.2, 0) is 21.1 Å². The summed E-state index contributed by atoms with van der Waals surface area (Å²) < 4.78 is 24.9. The van der Waals surface area contributed by atoms with Crippen molar-refractivity contribution in [2.24, 2.45) is 0 Å². The molecule has 0 unspecified atom stereocenters. The Morgan fingerprint density at radius 3 is 2.46 bits per heavy atom. The topological polar surface area (TPSA) is 57.7 Å². The molecule has 0 radical (unpaired) electrons. The number of benzene rings is 1. The highest BCUT2D eigenvalue weighted by molar-refractivity contribution is 7.91. The Morgan fingerprint density at radius 1 is 1.11 bits per heavy atom. The van der Waals surface area contributed by atoms with Crippen LogP contribution in [0.2, 0.25) is 0 Å². The number of amides is 1. The van der Waals surface area contributed by atoms with Crippen molar-refractivity contribution in [1.82, 2.24) is 4.90 Å². The summed E-state index contributed by atoms with van der Waals surface area (Å²) in [6, 6.07) is 11.7. The SMILES string of the molecule is CC(C)c1ccc(N2C(=O)CN(CCc3cccs3)[C@H]3CS(=O)(=O)C[C@H]32)cc1. The highest BCUT2D eigenvalue weighted by atomic mass is 32.2. The molecule has 2 saturated heterocycles. The van der Waals surface area contributed by atoms with Crippen LogP contribution in [0.25, 0.3) is 0 Å². The Kier molecular flexibility index (Phi) is 5.33. The van der Waals surface area contributed by atoms with E-state index in [1.54, 1.807) is 16.2 Å². The van der Waals surface area contributed by atoms with Crippen LogP contribution in [0.4, 0.5) is 5.69 Å². The number of sulfone groups is 1. The van der Waals surface area contributed by atoms with Crippen molar-refractivity contribution in [1.29, 1.82) is 0 Å². The van der Waals surface area contributed by atoms with Crippen molar-refractivity contribution in [2.45, 2.75) is 38.3 Å². The molecule has 0 N–H and O–H groups in total. The third kappa shape index (κ3) is 3.88. The zero-order chi connectivity index (χ0) is 19.9. The molecule has 7 heteroatoms. The molecule has 2 atom stereocenters. The first-order valence-corrected chi connectivity index (χ1v) is 12.4. The predicted octanol–water partition coefficient (Wildman–Crippen LogP) is 2.93. The van der Waals surface area contributed by atoms with Crippen molar-refractivity contribution < 1.29 is 13.2 Å². The Labute approximate surface area is 170 Å². The summed E-state index contributed by atoms with van der Waals surface area (Å²) in [5.41, 5.74) is 2.01. The Morgan fingerprint density at radius 2 is 1.82 bits per heavy atom. The minimum absolute atomic E-state index is 0.0122. The van der Waals surface area contributed by atoms with E-state index in [0.29, 0.717) is 12.5 Å². The molecule has 4 rings (SSSR count). The molecule has 1 amide bonds. The summed E-state index contributed by atoms with van der Waals surface area (Å²) in [5, 5.41) is 2.04. The van der Waals surface area contributed by atoms with Gasteiger partial charge in [-0.3, -0.25) is 9.69 Å². The van der Waals surface area contributed by atoms with Gasteiger partial charge in [0, 0.05) is 23.2 Å². The van der Waals surface area contributed by atoms with E-state index in [4.69, 9.17) is 0 Å². The fourth-order valence-corrected chi connectivity index (χ4v) is 6.95.